The van der Waals surface area contributed by atoms with E-state index >= 15 is 0 Å². The van der Waals surface area contributed by atoms with Crippen molar-refractivity contribution in [2.75, 3.05) is 4.90 Å². The lowest BCUT2D eigenvalue weighted by molar-refractivity contribution is -0.127. The van der Waals surface area contributed by atoms with Crippen LogP contribution in [-0.2, 0) is 11.3 Å². The van der Waals surface area contributed by atoms with Crippen molar-refractivity contribution in [2.45, 2.75) is 89.8 Å². The van der Waals surface area contributed by atoms with Gasteiger partial charge < -0.3 is 5.32 Å². The van der Waals surface area contributed by atoms with Crippen LogP contribution in [0, 0.1) is 0 Å². The molecule has 0 radical (unpaired) electrons. The summed E-state index contributed by atoms with van der Waals surface area (Å²) in [6, 6.07) is 9.11. The summed E-state index contributed by atoms with van der Waals surface area (Å²) in [6.45, 7) is 6.26. The van der Waals surface area contributed by atoms with Crippen molar-refractivity contribution in [1.29, 1.82) is 0 Å². The number of nitrogens with zero attached hydrogens (tertiary/aromatic N) is 3. The molecule has 0 bridgehead atoms. The van der Waals surface area contributed by atoms with Crippen LogP contribution in [0.3, 0.4) is 0 Å². The number of hydrogen-bond donors (Lipinski definition) is 1. The first kappa shape index (κ1) is 22.8. The van der Waals surface area contributed by atoms with Crippen molar-refractivity contribution in [3.8, 4) is 0 Å². The first-order chi connectivity index (χ1) is 15.3. The first-order valence-electron chi connectivity index (χ1n) is 11.8. The maximum atomic E-state index is 13.8. The van der Waals surface area contributed by atoms with Gasteiger partial charge in [-0.2, -0.15) is 5.10 Å². The molecule has 1 fully saturated rings. The highest BCUT2D eigenvalue weighted by molar-refractivity contribution is 6.30. The predicted octanol–water partition coefficient (Wildman–Crippen LogP) is 5.31. The Morgan fingerprint density at radius 2 is 1.75 bits per heavy atom. The lowest BCUT2D eigenvalue weighted by Crippen LogP contribution is -2.65. The number of nitrogens with one attached hydrogen (secondary N) is 1. The van der Waals surface area contributed by atoms with Gasteiger partial charge in [0.2, 0.25) is 5.91 Å². The minimum Gasteiger partial charge on any atom is -0.351 e. The smallest absolute Gasteiger partial charge is 0.277 e. The number of halogens is 1. The van der Waals surface area contributed by atoms with Gasteiger partial charge in [-0.15, -0.1) is 0 Å². The number of rotatable bonds is 4. The van der Waals surface area contributed by atoms with Crippen LogP contribution in [0.5, 0.6) is 0 Å². The summed E-state index contributed by atoms with van der Waals surface area (Å²) < 4.78 is 1.71. The van der Waals surface area contributed by atoms with Gasteiger partial charge in [-0.25, -0.2) is 0 Å². The van der Waals surface area contributed by atoms with Crippen LogP contribution in [-0.4, -0.2) is 33.2 Å². The van der Waals surface area contributed by atoms with Crippen LogP contribution >= 0.6 is 11.6 Å². The molecule has 0 saturated heterocycles. The predicted molar refractivity (Wildman–Crippen MR) is 127 cm³/mol. The Balaban J connectivity index is 1.70. The maximum absolute atomic E-state index is 13.8. The number of amides is 2. The molecule has 1 N–H and O–H groups in total. The summed E-state index contributed by atoms with van der Waals surface area (Å²) in [4.78, 5) is 29.1. The Morgan fingerprint density at radius 1 is 1.12 bits per heavy atom. The molecule has 1 saturated carbocycles. The molecule has 2 heterocycles. The van der Waals surface area contributed by atoms with Gasteiger partial charge in [0, 0.05) is 16.8 Å². The summed E-state index contributed by atoms with van der Waals surface area (Å²) in [5.74, 6) is -0.146. The third-order valence-electron chi connectivity index (χ3n) is 6.78. The molecule has 1 atom stereocenters. The quantitative estimate of drug-likeness (QED) is 0.678. The largest absolute Gasteiger partial charge is 0.351 e. The first-order valence-corrected chi connectivity index (χ1v) is 12.2. The number of hydrogen-bond acceptors (Lipinski definition) is 3. The molecule has 1 aromatic heterocycles. The van der Waals surface area contributed by atoms with Crippen LogP contribution in [0.25, 0.3) is 0 Å². The monoisotopic (exact) mass is 456 g/mol. The Labute approximate surface area is 195 Å². The highest BCUT2D eigenvalue weighted by Gasteiger charge is 2.49. The molecule has 0 spiro atoms. The van der Waals surface area contributed by atoms with Crippen molar-refractivity contribution in [3.63, 3.8) is 0 Å². The summed E-state index contributed by atoms with van der Waals surface area (Å²) >= 11 is 6.10. The van der Waals surface area contributed by atoms with Gasteiger partial charge in [0.1, 0.15) is 11.2 Å². The number of fused-ring (bicyclic) bond motifs is 1. The van der Waals surface area contributed by atoms with E-state index in [4.69, 9.17) is 11.6 Å². The molecule has 2 aromatic rings. The fraction of sp³-hybridized carbons (Fsp3) is 0.560. The summed E-state index contributed by atoms with van der Waals surface area (Å²) in [7, 11) is 0. The van der Waals surface area contributed by atoms with Crippen LogP contribution < -0.4 is 10.2 Å². The third kappa shape index (κ3) is 4.42. The number of carbonyl (C=O) groups is 2. The molecule has 4 rings (SSSR count). The van der Waals surface area contributed by atoms with Gasteiger partial charge >= 0.3 is 0 Å². The molecule has 2 aliphatic rings. The van der Waals surface area contributed by atoms with E-state index in [1.165, 1.54) is 19.3 Å². The average molecular weight is 457 g/mol. The second kappa shape index (κ2) is 9.26. The van der Waals surface area contributed by atoms with Gasteiger partial charge in [0.15, 0.2) is 0 Å². The molecular weight excluding hydrogens is 424 g/mol. The lowest BCUT2D eigenvalue weighted by Gasteiger charge is -2.43. The summed E-state index contributed by atoms with van der Waals surface area (Å²) in [5, 5.41) is 8.54. The van der Waals surface area contributed by atoms with E-state index in [2.05, 4.69) is 24.3 Å². The van der Waals surface area contributed by atoms with Crippen LogP contribution in [0.15, 0.2) is 30.3 Å². The lowest BCUT2D eigenvalue weighted by atomic mass is 9.91. The normalized spacial score (nSPS) is 22.4. The van der Waals surface area contributed by atoms with Crippen molar-refractivity contribution in [1.82, 2.24) is 15.1 Å². The van der Waals surface area contributed by atoms with Gasteiger partial charge in [-0.1, -0.05) is 57.6 Å². The molecule has 6 nitrogen and oxygen atoms in total. The van der Waals surface area contributed by atoms with Gasteiger partial charge in [-0.05, 0) is 56.0 Å². The van der Waals surface area contributed by atoms with E-state index in [9.17, 15) is 9.59 Å². The van der Waals surface area contributed by atoms with E-state index in [1.54, 1.807) is 33.8 Å². The molecule has 1 aliphatic carbocycles. The zero-order valence-electron chi connectivity index (χ0n) is 19.2. The van der Waals surface area contributed by atoms with Gasteiger partial charge in [0.05, 0.1) is 12.2 Å². The Morgan fingerprint density at radius 3 is 2.38 bits per heavy atom. The molecule has 32 heavy (non-hydrogen) atoms. The second-order valence-electron chi connectivity index (χ2n) is 9.67. The zero-order valence-corrected chi connectivity index (χ0v) is 20.0. The number of carbonyl (C=O) groups excluding carboxylic acids is 2. The molecule has 0 unspecified atom stereocenters. The fourth-order valence-electron chi connectivity index (χ4n) is 4.82. The Bertz CT molecular complexity index is 976. The topological polar surface area (TPSA) is 67.2 Å². The van der Waals surface area contributed by atoms with Gasteiger partial charge in [-0.3, -0.25) is 19.2 Å². The third-order valence-corrected chi connectivity index (χ3v) is 7.03. The second-order valence-corrected chi connectivity index (χ2v) is 10.1. The number of benzene rings is 1. The number of aromatic nitrogens is 2. The molecule has 1 aliphatic heterocycles. The van der Waals surface area contributed by atoms with E-state index in [1.807, 2.05) is 13.0 Å². The maximum Gasteiger partial charge on any atom is 0.277 e. The molecule has 172 valence electrons. The van der Waals surface area contributed by atoms with Crippen molar-refractivity contribution in [3.05, 3.63) is 46.7 Å². The SMILES string of the molecule is CC(C)c1cc2n(n1)C[C@@](C)(C(=O)NC1CCCCCCC1)N(c1ccc(Cl)cc1)C2=O. The highest BCUT2D eigenvalue weighted by Crippen LogP contribution is 2.34. The minimum atomic E-state index is -1.10. The fourth-order valence-corrected chi connectivity index (χ4v) is 4.95. The Kier molecular flexibility index (Phi) is 6.61. The zero-order chi connectivity index (χ0) is 22.9. The standard InChI is InChI=1S/C25H33ClN4O2/c1-17(2)21-15-22-23(31)30(20-13-11-18(26)12-14-20)25(3,16-29(22)28-21)24(32)27-19-9-7-5-4-6-8-10-19/h11-15,17,19H,4-10,16H2,1-3H3,(H,27,32)/t25-/m0/s1. The number of anilines is 1. The molecular formula is C25H33ClN4O2. The minimum absolute atomic E-state index is 0.126. The van der Waals surface area contributed by atoms with Crippen LogP contribution in [0.1, 0.15) is 87.8 Å². The van der Waals surface area contributed by atoms with Crippen LogP contribution in [0.4, 0.5) is 5.69 Å². The van der Waals surface area contributed by atoms with E-state index < -0.39 is 5.54 Å². The van der Waals surface area contributed by atoms with Crippen molar-refractivity contribution < 1.29 is 9.59 Å². The van der Waals surface area contributed by atoms with Crippen molar-refractivity contribution >= 4 is 29.1 Å². The molecule has 1 aromatic carbocycles. The average Bonchev–Trinajstić information content (AvgIpc) is 3.15. The molecule has 2 amide bonds. The Hall–Kier alpha value is -2.34. The summed E-state index contributed by atoms with van der Waals surface area (Å²) in [5.41, 5.74) is 0.933. The van der Waals surface area contributed by atoms with Gasteiger partial charge in [0.25, 0.3) is 5.91 Å². The van der Waals surface area contributed by atoms with E-state index in [0.29, 0.717) is 22.9 Å². The van der Waals surface area contributed by atoms with E-state index in [-0.39, 0.29) is 23.8 Å². The van der Waals surface area contributed by atoms with Crippen molar-refractivity contribution in [2.24, 2.45) is 0 Å². The van der Waals surface area contributed by atoms with E-state index in [0.717, 1.165) is 31.4 Å². The summed E-state index contributed by atoms with van der Waals surface area (Å²) in [6.07, 6.45) is 7.94. The molecule has 7 heteroatoms. The highest BCUT2D eigenvalue weighted by atomic mass is 35.5. The van der Waals surface area contributed by atoms with Crippen LogP contribution in [0.2, 0.25) is 5.02 Å².